The molecule has 0 heteroatoms. The molecular weight excluding hydrogens is 336 g/mol. The van der Waals surface area contributed by atoms with Crippen LogP contribution in [0.3, 0.4) is 0 Å². The van der Waals surface area contributed by atoms with E-state index in [9.17, 15) is 0 Å². The molecule has 2 aromatic carbocycles. The third-order valence-electron chi connectivity index (χ3n) is 3.99. The van der Waals surface area contributed by atoms with Gasteiger partial charge in [-0.15, -0.1) is 0 Å². The summed E-state index contributed by atoms with van der Waals surface area (Å²) in [5.41, 5.74) is 7.16. The van der Waals surface area contributed by atoms with Crippen LogP contribution in [0.4, 0.5) is 0 Å². The van der Waals surface area contributed by atoms with Crippen molar-refractivity contribution < 1.29 is 0 Å². The van der Waals surface area contributed by atoms with E-state index in [-0.39, 0.29) is 0 Å². The van der Waals surface area contributed by atoms with Crippen molar-refractivity contribution >= 4 is 11.1 Å². The fraction of sp³-hybridized carbons (Fsp3) is 0.286. The molecule has 0 amide bonds. The van der Waals surface area contributed by atoms with E-state index < -0.39 is 0 Å². The van der Waals surface area contributed by atoms with E-state index >= 15 is 0 Å². The summed E-state index contributed by atoms with van der Waals surface area (Å²) in [5.74, 6) is 0. The Labute approximate surface area is 174 Å². The van der Waals surface area contributed by atoms with Crippen LogP contribution in [0.2, 0.25) is 0 Å². The van der Waals surface area contributed by atoms with Gasteiger partial charge in [0.1, 0.15) is 0 Å². The maximum absolute atomic E-state index is 4.24. The molecule has 0 aromatic heterocycles. The molecular formula is C28H38. The summed E-state index contributed by atoms with van der Waals surface area (Å²) in [6, 6.07) is 17.2. The van der Waals surface area contributed by atoms with Crippen LogP contribution in [0.15, 0.2) is 85.5 Å². The third-order valence-corrected chi connectivity index (χ3v) is 3.99. The number of hydrogen-bond donors (Lipinski definition) is 0. The van der Waals surface area contributed by atoms with Crippen LogP contribution >= 0.6 is 0 Å². The van der Waals surface area contributed by atoms with Crippen molar-refractivity contribution in [3.05, 3.63) is 96.6 Å². The molecule has 0 saturated heterocycles. The Bertz CT molecular complexity index is 785. The average Bonchev–Trinajstić information content (AvgIpc) is 2.78. The molecule has 0 atom stereocenters. The minimum atomic E-state index is 1.02. The first kappa shape index (κ1) is 25.4. The Balaban J connectivity index is 0.00000171. The normalized spacial score (nSPS) is 10.9. The molecule has 2 rings (SSSR count). The van der Waals surface area contributed by atoms with E-state index in [1.54, 1.807) is 0 Å². The van der Waals surface area contributed by atoms with Crippen molar-refractivity contribution in [1.82, 2.24) is 0 Å². The molecule has 0 saturated carbocycles. The Kier molecular flexibility index (Phi) is 14.0. The van der Waals surface area contributed by atoms with Crippen molar-refractivity contribution in [2.24, 2.45) is 0 Å². The summed E-state index contributed by atoms with van der Waals surface area (Å²) in [4.78, 5) is 0. The van der Waals surface area contributed by atoms with Gasteiger partial charge in [-0.3, -0.25) is 0 Å². The van der Waals surface area contributed by atoms with Crippen LogP contribution in [0.5, 0.6) is 0 Å². The lowest BCUT2D eigenvalue weighted by Gasteiger charge is -2.12. The molecule has 0 radical (unpaired) electrons. The summed E-state index contributed by atoms with van der Waals surface area (Å²) >= 11 is 0. The molecule has 150 valence electrons. The van der Waals surface area contributed by atoms with Gasteiger partial charge in [-0.2, -0.15) is 0 Å². The number of allylic oxidation sites excluding steroid dienone is 7. The van der Waals surface area contributed by atoms with E-state index in [0.717, 1.165) is 12.0 Å². The Morgan fingerprint density at radius 1 is 0.893 bits per heavy atom. The van der Waals surface area contributed by atoms with E-state index in [2.05, 4.69) is 99.3 Å². The standard InChI is InChI=1S/C24H26.2C2H6/c1-5-8-13-19(4)23-16-9-10-17-24(23)22-15-11-14-21(18-22)20(7-3)12-6-2;2*1-2/h6-18H,4-5H2,1-3H3;2*1-2H3/b12-6-,13-8-,20-7+;;. The molecule has 28 heavy (non-hydrogen) atoms. The minimum absolute atomic E-state index is 1.02. The Morgan fingerprint density at radius 2 is 1.57 bits per heavy atom. The monoisotopic (exact) mass is 374 g/mol. The molecule has 0 aliphatic rings. The summed E-state index contributed by atoms with van der Waals surface area (Å²) in [5, 5.41) is 0. The predicted molar refractivity (Wildman–Crippen MR) is 132 cm³/mol. The van der Waals surface area contributed by atoms with Crippen LogP contribution in [0.25, 0.3) is 22.3 Å². The lowest BCUT2D eigenvalue weighted by atomic mass is 9.92. The van der Waals surface area contributed by atoms with Gasteiger partial charge in [-0.05, 0) is 59.7 Å². The average molecular weight is 375 g/mol. The molecule has 0 unspecified atom stereocenters. The van der Waals surface area contributed by atoms with E-state index in [4.69, 9.17) is 0 Å². The van der Waals surface area contributed by atoms with Crippen LogP contribution in [0, 0.1) is 0 Å². The van der Waals surface area contributed by atoms with Gasteiger partial charge in [-0.1, -0.05) is 114 Å². The highest BCUT2D eigenvalue weighted by Gasteiger charge is 2.07. The van der Waals surface area contributed by atoms with Gasteiger partial charge in [0.15, 0.2) is 0 Å². The van der Waals surface area contributed by atoms with Gasteiger partial charge < -0.3 is 0 Å². The van der Waals surface area contributed by atoms with Gasteiger partial charge in [0, 0.05) is 0 Å². The molecule has 0 bridgehead atoms. The lowest BCUT2D eigenvalue weighted by Crippen LogP contribution is -1.89. The van der Waals surface area contributed by atoms with Crippen LogP contribution < -0.4 is 0 Å². The van der Waals surface area contributed by atoms with Crippen molar-refractivity contribution in [1.29, 1.82) is 0 Å². The molecule has 2 aromatic rings. The second-order valence-corrected chi connectivity index (χ2v) is 5.71. The van der Waals surface area contributed by atoms with Gasteiger partial charge in [0.2, 0.25) is 0 Å². The number of rotatable bonds is 6. The van der Waals surface area contributed by atoms with Crippen LogP contribution in [-0.2, 0) is 0 Å². The summed E-state index contributed by atoms with van der Waals surface area (Å²) in [6.07, 6.45) is 11.7. The second-order valence-electron chi connectivity index (χ2n) is 5.71. The molecule has 0 spiro atoms. The van der Waals surface area contributed by atoms with Crippen LogP contribution in [-0.4, -0.2) is 0 Å². The highest BCUT2D eigenvalue weighted by atomic mass is 14.1. The fourth-order valence-corrected chi connectivity index (χ4v) is 2.77. The van der Waals surface area contributed by atoms with Gasteiger partial charge in [-0.25, -0.2) is 0 Å². The first-order valence-electron chi connectivity index (χ1n) is 10.6. The van der Waals surface area contributed by atoms with E-state index in [0.29, 0.717) is 0 Å². The number of benzene rings is 2. The summed E-state index contributed by atoms with van der Waals surface area (Å²) in [6.45, 7) is 18.5. The van der Waals surface area contributed by atoms with Crippen molar-refractivity contribution in [3.8, 4) is 11.1 Å². The Hall–Kier alpha value is -2.60. The van der Waals surface area contributed by atoms with Crippen molar-refractivity contribution in [3.63, 3.8) is 0 Å². The van der Waals surface area contributed by atoms with Crippen molar-refractivity contribution in [2.45, 2.75) is 54.9 Å². The summed E-state index contributed by atoms with van der Waals surface area (Å²) in [7, 11) is 0. The maximum Gasteiger partial charge on any atom is -0.0105 e. The number of hydrogen-bond acceptors (Lipinski definition) is 0. The Morgan fingerprint density at radius 3 is 2.18 bits per heavy atom. The predicted octanol–water partition coefficient (Wildman–Crippen LogP) is 9.36. The zero-order chi connectivity index (χ0) is 21.4. The maximum atomic E-state index is 4.24. The topological polar surface area (TPSA) is 0 Å². The largest absolute Gasteiger partial charge is 0.0911 e. The molecule has 0 heterocycles. The van der Waals surface area contributed by atoms with Gasteiger partial charge in [0.05, 0.1) is 0 Å². The molecule has 0 fully saturated rings. The first-order valence-corrected chi connectivity index (χ1v) is 10.6. The fourth-order valence-electron chi connectivity index (χ4n) is 2.77. The molecule has 0 nitrogen and oxygen atoms in total. The minimum Gasteiger partial charge on any atom is -0.0911 e. The van der Waals surface area contributed by atoms with Gasteiger partial charge in [0.25, 0.3) is 0 Å². The lowest BCUT2D eigenvalue weighted by molar-refractivity contribution is 1.23. The highest BCUT2D eigenvalue weighted by molar-refractivity contribution is 5.86. The summed E-state index contributed by atoms with van der Waals surface area (Å²) < 4.78 is 0. The molecule has 0 aliphatic carbocycles. The first-order chi connectivity index (χ1) is 13.7. The SMILES string of the molecule is C=C(/C=C\CC)c1ccccc1-c1cccc(C(/C=C\C)=C/C)c1.CC.CC. The highest BCUT2D eigenvalue weighted by Crippen LogP contribution is 2.31. The van der Waals surface area contributed by atoms with E-state index in [1.807, 2.05) is 34.6 Å². The van der Waals surface area contributed by atoms with Crippen LogP contribution in [0.1, 0.15) is 66.0 Å². The van der Waals surface area contributed by atoms with Gasteiger partial charge >= 0.3 is 0 Å². The smallest absolute Gasteiger partial charge is 0.0105 e. The quantitative estimate of drug-likeness (QED) is 0.442. The second kappa shape index (κ2) is 15.5. The van der Waals surface area contributed by atoms with Crippen molar-refractivity contribution in [2.75, 3.05) is 0 Å². The molecule has 0 aliphatic heterocycles. The van der Waals surface area contributed by atoms with E-state index in [1.165, 1.54) is 27.8 Å². The molecule has 0 N–H and O–H groups in total. The third kappa shape index (κ3) is 7.56. The zero-order valence-corrected chi connectivity index (χ0v) is 18.9. The zero-order valence-electron chi connectivity index (χ0n) is 18.9.